The standard InChI is InChI=1S/C14H25P3/c1-12-14(16-17-15-12)13-10-8-6-4-2-3-5-7-9-11-13/h13,15H,2-11H2,1H3. The van der Waals surface area contributed by atoms with E-state index in [-0.39, 0.29) is 0 Å². The van der Waals surface area contributed by atoms with Gasteiger partial charge in [0, 0.05) is 0 Å². The lowest BCUT2D eigenvalue weighted by atomic mass is 9.93. The summed E-state index contributed by atoms with van der Waals surface area (Å²) in [4.78, 5) is 0. The van der Waals surface area contributed by atoms with Gasteiger partial charge in [-0.05, 0) is 51.7 Å². The van der Waals surface area contributed by atoms with Gasteiger partial charge in [0.1, 0.15) is 0 Å². The van der Waals surface area contributed by atoms with Crippen molar-refractivity contribution in [1.82, 2.24) is 0 Å². The monoisotopic (exact) mass is 286 g/mol. The van der Waals surface area contributed by atoms with Crippen molar-refractivity contribution in [2.75, 3.05) is 0 Å². The molecule has 0 aromatic carbocycles. The molecule has 1 fully saturated rings. The third-order valence-corrected chi connectivity index (χ3v) is 9.99. The van der Waals surface area contributed by atoms with E-state index < -0.39 is 0 Å². The first-order valence-corrected chi connectivity index (χ1v) is 11.6. The molecule has 2 rings (SSSR count). The molecule has 0 bridgehead atoms. The van der Waals surface area contributed by atoms with Crippen LogP contribution in [-0.2, 0) is 0 Å². The van der Waals surface area contributed by atoms with Crippen LogP contribution in [-0.4, -0.2) is 0 Å². The Hall–Kier alpha value is 0.640. The molecule has 0 spiro atoms. The zero-order chi connectivity index (χ0) is 11.9. The van der Waals surface area contributed by atoms with E-state index in [0.29, 0.717) is 0 Å². The van der Waals surface area contributed by atoms with Crippen molar-refractivity contribution in [1.29, 1.82) is 0 Å². The van der Waals surface area contributed by atoms with Crippen molar-refractivity contribution in [3.63, 3.8) is 0 Å². The molecule has 1 aromatic rings. The van der Waals surface area contributed by atoms with Gasteiger partial charge in [-0.1, -0.05) is 51.4 Å². The van der Waals surface area contributed by atoms with Crippen molar-refractivity contribution in [2.24, 2.45) is 0 Å². The van der Waals surface area contributed by atoms with Gasteiger partial charge in [0.15, 0.2) is 0 Å². The highest BCUT2D eigenvalue weighted by atomic mass is 32.1. The molecule has 0 aliphatic heterocycles. The van der Waals surface area contributed by atoms with Crippen LogP contribution in [0.2, 0.25) is 0 Å². The predicted octanol–water partition coefficient (Wildman–Crippen LogP) is 7.18. The van der Waals surface area contributed by atoms with Crippen molar-refractivity contribution in [2.45, 2.75) is 77.0 Å². The SMILES string of the molecule is Cc1[pH]ppc1C1CCCCCCCCCC1. The van der Waals surface area contributed by atoms with Gasteiger partial charge in [-0.15, -0.1) is 7.87 Å². The van der Waals surface area contributed by atoms with Crippen LogP contribution in [0.25, 0.3) is 0 Å². The molecule has 0 N–H and O–H groups in total. The fourth-order valence-electron chi connectivity index (χ4n) is 2.93. The summed E-state index contributed by atoms with van der Waals surface area (Å²) in [6.07, 6.45) is 14.9. The van der Waals surface area contributed by atoms with Crippen LogP contribution in [0.4, 0.5) is 0 Å². The van der Waals surface area contributed by atoms with E-state index in [1.165, 1.54) is 64.2 Å². The first kappa shape index (κ1) is 14.1. The molecule has 1 aliphatic carbocycles. The third kappa shape index (κ3) is 4.67. The van der Waals surface area contributed by atoms with Crippen LogP contribution < -0.4 is 0 Å². The minimum absolute atomic E-state index is 0.956. The minimum atomic E-state index is 0.956. The Balaban J connectivity index is 1.95. The van der Waals surface area contributed by atoms with Gasteiger partial charge in [0.05, 0.1) is 0 Å². The summed E-state index contributed by atoms with van der Waals surface area (Å²) < 4.78 is 0. The van der Waals surface area contributed by atoms with Gasteiger partial charge in [-0.3, -0.25) is 0 Å². The molecule has 0 nitrogen and oxygen atoms in total. The molecule has 1 heterocycles. The van der Waals surface area contributed by atoms with Crippen LogP contribution in [0.15, 0.2) is 0 Å². The van der Waals surface area contributed by atoms with E-state index in [4.69, 9.17) is 0 Å². The van der Waals surface area contributed by atoms with Gasteiger partial charge >= 0.3 is 0 Å². The molecule has 96 valence electrons. The van der Waals surface area contributed by atoms with E-state index in [1.807, 2.05) is 5.30 Å². The summed E-state index contributed by atoms with van der Waals surface area (Å²) in [5.74, 6) is 0.956. The molecule has 1 atom stereocenters. The Morgan fingerprint density at radius 3 is 1.88 bits per heavy atom. The summed E-state index contributed by atoms with van der Waals surface area (Å²) >= 11 is 0. The van der Waals surface area contributed by atoms with Gasteiger partial charge in [-0.2, -0.15) is 0 Å². The van der Waals surface area contributed by atoms with Crippen molar-refractivity contribution >= 4 is 23.3 Å². The lowest BCUT2D eigenvalue weighted by Gasteiger charge is -2.16. The zero-order valence-electron chi connectivity index (χ0n) is 11.0. The molecule has 1 aliphatic rings. The van der Waals surface area contributed by atoms with Crippen LogP contribution in [0.1, 0.15) is 80.7 Å². The molecule has 0 radical (unpaired) electrons. The van der Waals surface area contributed by atoms with E-state index >= 15 is 0 Å². The van der Waals surface area contributed by atoms with Crippen molar-refractivity contribution in [3.05, 3.63) is 10.6 Å². The number of hydrogen-bond donors (Lipinski definition) is 0. The average molecular weight is 286 g/mol. The first-order chi connectivity index (χ1) is 8.38. The van der Waals surface area contributed by atoms with Gasteiger partial charge < -0.3 is 0 Å². The summed E-state index contributed by atoms with van der Waals surface area (Å²) in [6, 6.07) is 0. The molecular weight excluding hydrogens is 261 g/mol. The normalized spacial score (nSPS) is 22.4. The highest BCUT2D eigenvalue weighted by molar-refractivity contribution is 8.17. The van der Waals surface area contributed by atoms with Gasteiger partial charge in [-0.25, -0.2) is 0 Å². The van der Waals surface area contributed by atoms with E-state index in [9.17, 15) is 0 Å². The summed E-state index contributed by atoms with van der Waals surface area (Å²) in [6.45, 7) is 2.39. The number of hydrogen-bond acceptors (Lipinski definition) is 0. The molecule has 0 amide bonds. The molecular formula is C14H25P3. The van der Waals surface area contributed by atoms with E-state index in [0.717, 1.165) is 13.8 Å². The average Bonchev–Trinajstić information content (AvgIpc) is 2.72. The zero-order valence-corrected chi connectivity index (χ0v) is 13.8. The first-order valence-electron chi connectivity index (χ1n) is 7.25. The highest BCUT2D eigenvalue weighted by Crippen LogP contribution is 2.47. The van der Waals surface area contributed by atoms with Gasteiger partial charge in [0.25, 0.3) is 0 Å². The summed E-state index contributed by atoms with van der Waals surface area (Å²) in [7, 11) is 4.45. The van der Waals surface area contributed by atoms with Crippen molar-refractivity contribution in [3.8, 4) is 0 Å². The maximum atomic E-state index is 2.39. The highest BCUT2D eigenvalue weighted by Gasteiger charge is 2.15. The molecule has 0 saturated heterocycles. The Kier molecular flexibility index (Phi) is 6.57. The lowest BCUT2D eigenvalue weighted by Crippen LogP contribution is -1.98. The molecule has 1 aromatic heterocycles. The quantitative estimate of drug-likeness (QED) is 0.512. The minimum Gasteiger partial charge on any atom is -0.102 e. The Labute approximate surface area is 111 Å². The van der Waals surface area contributed by atoms with E-state index in [1.54, 1.807) is 20.7 Å². The maximum absolute atomic E-state index is 2.39. The largest absolute Gasteiger partial charge is 0.102 e. The number of aryl methyl sites for hydroxylation is 1. The smallest absolute Gasteiger partial charge is 0.00573 e. The second-order valence-electron chi connectivity index (χ2n) is 5.42. The van der Waals surface area contributed by atoms with Crippen molar-refractivity contribution < 1.29 is 0 Å². The Morgan fingerprint density at radius 1 is 0.882 bits per heavy atom. The van der Waals surface area contributed by atoms with Crippen LogP contribution >= 0.6 is 23.3 Å². The fourth-order valence-corrected chi connectivity index (χ4v) is 10.0. The Morgan fingerprint density at radius 2 is 1.41 bits per heavy atom. The second-order valence-corrected chi connectivity index (χ2v) is 11.0. The van der Waals surface area contributed by atoms with Crippen LogP contribution in [0, 0.1) is 6.92 Å². The summed E-state index contributed by atoms with van der Waals surface area (Å²) in [5, 5.41) is 3.61. The molecule has 1 unspecified atom stereocenters. The molecule has 1 saturated carbocycles. The second kappa shape index (κ2) is 7.94. The summed E-state index contributed by atoms with van der Waals surface area (Å²) in [5.41, 5.74) is 0. The Bertz CT molecular complexity index is 307. The molecule has 3 heteroatoms. The van der Waals surface area contributed by atoms with E-state index in [2.05, 4.69) is 6.92 Å². The maximum Gasteiger partial charge on any atom is -0.00573 e. The fraction of sp³-hybridized carbons (Fsp3) is 0.857. The topological polar surface area (TPSA) is 0 Å². The lowest BCUT2D eigenvalue weighted by molar-refractivity contribution is 0.519. The van der Waals surface area contributed by atoms with Gasteiger partial charge in [0.2, 0.25) is 0 Å². The molecule has 17 heavy (non-hydrogen) atoms. The number of rotatable bonds is 1. The third-order valence-electron chi connectivity index (χ3n) is 4.00. The van der Waals surface area contributed by atoms with Crippen LogP contribution in [0.5, 0.6) is 0 Å². The predicted molar refractivity (Wildman–Crippen MR) is 84.6 cm³/mol. The van der Waals surface area contributed by atoms with Crippen LogP contribution in [0.3, 0.4) is 0 Å².